The van der Waals surface area contributed by atoms with Gasteiger partial charge in [-0.2, -0.15) is 0 Å². The smallest absolute Gasteiger partial charge is 0.170 e. The number of aromatic nitrogens is 1. The minimum Gasteiger partial charge on any atom is -0.459 e. The molecule has 2 aromatic heterocycles. The predicted molar refractivity (Wildman–Crippen MR) is 115 cm³/mol. The number of nitrogens with one attached hydrogen (secondary N) is 1. The van der Waals surface area contributed by atoms with Crippen LogP contribution in [0.25, 0.3) is 11.3 Å². The van der Waals surface area contributed by atoms with Crippen molar-refractivity contribution >= 4 is 17.3 Å². The van der Waals surface area contributed by atoms with Crippen molar-refractivity contribution in [2.45, 2.75) is 31.0 Å². The lowest BCUT2D eigenvalue weighted by Gasteiger charge is -2.28. The standard InChI is InChI=1S/C23H22FN3O2S/c24-16-8-6-15(7-9-16)19-10-11-20(29-19)22-21(18-5-1-2-12-25-18)26-23(30)27(22)14-17-4-3-13-28-17/h1-2,5-12,17,21-22H,3-4,13-14H2,(H,26,30)/t17-,21-,22+/m0/s1. The second kappa shape index (κ2) is 8.16. The number of nitrogens with zero attached hydrogens (tertiary/aromatic N) is 2. The van der Waals surface area contributed by atoms with Crippen LogP contribution in [0.15, 0.2) is 65.2 Å². The SMILES string of the molecule is Fc1ccc(-c2ccc([C@@H]3[C@H](c4ccccn4)NC(=S)N3C[C@@H]3CCCO3)o2)cc1. The van der Waals surface area contributed by atoms with Gasteiger partial charge in [-0.05, 0) is 73.6 Å². The Morgan fingerprint density at radius 2 is 2.00 bits per heavy atom. The first kappa shape index (κ1) is 19.2. The Labute approximate surface area is 179 Å². The quantitative estimate of drug-likeness (QED) is 0.604. The molecule has 0 amide bonds. The molecule has 3 aromatic rings. The molecular formula is C23H22FN3O2S. The molecule has 0 unspecified atom stereocenters. The third-order valence-electron chi connectivity index (χ3n) is 5.67. The molecule has 2 aliphatic rings. The van der Waals surface area contributed by atoms with E-state index in [2.05, 4.69) is 15.2 Å². The number of thiocarbonyl (C=S) groups is 1. The van der Waals surface area contributed by atoms with Crippen LogP contribution in [0.2, 0.25) is 0 Å². The van der Waals surface area contributed by atoms with Gasteiger partial charge in [0.2, 0.25) is 0 Å². The van der Waals surface area contributed by atoms with Crippen molar-refractivity contribution < 1.29 is 13.5 Å². The molecule has 154 valence electrons. The first-order valence-electron chi connectivity index (χ1n) is 10.1. The summed E-state index contributed by atoms with van der Waals surface area (Å²) in [6.07, 6.45) is 4.04. The number of hydrogen-bond donors (Lipinski definition) is 1. The van der Waals surface area contributed by atoms with E-state index in [9.17, 15) is 4.39 Å². The molecule has 7 heteroatoms. The van der Waals surface area contributed by atoms with Crippen molar-refractivity contribution in [3.63, 3.8) is 0 Å². The Bertz CT molecular complexity index is 1020. The van der Waals surface area contributed by atoms with Crippen LogP contribution in [-0.4, -0.2) is 34.3 Å². The minimum atomic E-state index is -0.270. The molecular weight excluding hydrogens is 401 g/mol. The van der Waals surface area contributed by atoms with Crippen molar-refractivity contribution in [3.8, 4) is 11.3 Å². The summed E-state index contributed by atoms with van der Waals surface area (Å²) in [6.45, 7) is 1.49. The Morgan fingerprint density at radius 3 is 2.73 bits per heavy atom. The van der Waals surface area contributed by atoms with E-state index in [0.717, 1.165) is 36.5 Å². The van der Waals surface area contributed by atoms with Crippen LogP contribution < -0.4 is 5.32 Å². The summed E-state index contributed by atoms with van der Waals surface area (Å²) in [5.41, 5.74) is 1.73. The van der Waals surface area contributed by atoms with Crippen LogP contribution in [-0.2, 0) is 4.74 Å². The minimum absolute atomic E-state index is 0.132. The Morgan fingerprint density at radius 1 is 1.13 bits per heavy atom. The average Bonchev–Trinajstić information content (AvgIpc) is 3.51. The molecule has 2 aliphatic heterocycles. The van der Waals surface area contributed by atoms with Gasteiger partial charge in [-0.25, -0.2) is 4.39 Å². The van der Waals surface area contributed by atoms with Crippen molar-refractivity contribution in [3.05, 3.63) is 78.1 Å². The first-order chi connectivity index (χ1) is 14.7. The molecule has 4 heterocycles. The second-order valence-corrected chi connectivity index (χ2v) is 8.01. The van der Waals surface area contributed by atoms with Crippen LogP contribution in [0.1, 0.15) is 36.4 Å². The van der Waals surface area contributed by atoms with Gasteiger partial charge < -0.3 is 19.4 Å². The van der Waals surface area contributed by atoms with E-state index in [0.29, 0.717) is 17.4 Å². The molecule has 2 saturated heterocycles. The fourth-order valence-electron chi connectivity index (χ4n) is 4.20. The third-order valence-corrected chi connectivity index (χ3v) is 6.02. The molecule has 5 rings (SSSR count). The maximum atomic E-state index is 13.3. The van der Waals surface area contributed by atoms with E-state index in [1.165, 1.54) is 12.1 Å². The summed E-state index contributed by atoms with van der Waals surface area (Å²) < 4.78 is 25.4. The predicted octanol–water partition coefficient (Wildman–Crippen LogP) is 4.63. The number of rotatable bonds is 5. The van der Waals surface area contributed by atoms with Gasteiger partial charge in [0, 0.05) is 24.9 Å². The number of halogens is 1. The van der Waals surface area contributed by atoms with Crippen LogP contribution in [0.4, 0.5) is 4.39 Å². The molecule has 2 fully saturated rings. The van der Waals surface area contributed by atoms with Crippen LogP contribution >= 0.6 is 12.2 Å². The molecule has 1 N–H and O–H groups in total. The van der Waals surface area contributed by atoms with Crippen molar-refractivity contribution in [1.29, 1.82) is 0 Å². The molecule has 0 aliphatic carbocycles. The van der Waals surface area contributed by atoms with Gasteiger partial charge in [0.25, 0.3) is 0 Å². The third kappa shape index (κ3) is 3.70. The highest BCUT2D eigenvalue weighted by Crippen LogP contribution is 2.41. The zero-order valence-electron chi connectivity index (χ0n) is 16.3. The summed E-state index contributed by atoms with van der Waals surface area (Å²) in [5.74, 6) is 1.21. The lowest BCUT2D eigenvalue weighted by Crippen LogP contribution is -2.36. The van der Waals surface area contributed by atoms with E-state index >= 15 is 0 Å². The zero-order chi connectivity index (χ0) is 20.5. The van der Waals surface area contributed by atoms with E-state index in [1.54, 1.807) is 18.3 Å². The average molecular weight is 424 g/mol. The highest BCUT2D eigenvalue weighted by Gasteiger charge is 2.42. The van der Waals surface area contributed by atoms with Crippen LogP contribution in [0, 0.1) is 5.82 Å². The lowest BCUT2D eigenvalue weighted by molar-refractivity contribution is 0.0818. The Kier molecular flexibility index (Phi) is 5.23. The fourth-order valence-corrected chi connectivity index (χ4v) is 4.51. The second-order valence-electron chi connectivity index (χ2n) is 7.62. The molecule has 0 bridgehead atoms. The summed E-state index contributed by atoms with van der Waals surface area (Å²) >= 11 is 5.69. The monoisotopic (exact) mass is 423 g/mol. The molecule has 0 radical (unpaired) electrons. The highest BCUT2D eigenvalue weighted by atomic mass is 32.1. The van der Waals surface area contributed by atoms with E-state index in [4.69, 9.17) is 21.4 Å². The number of furan rings is 1. The first-order valence-corrected chi connectivity index (χ1v) is 10.6. The van der Waals surface area contributed by atoms with Gasteiger partial charge in [-0.1, -0.05) is 6.07 Å². The normalized spacial score (nSPS) is 23.7. The molecule has 0 spiro atoms. The molecule has 1 aromatic carbocycles. The van der Waals surface area contributed by atoms with Crippen molar-refractivity contribution in [2.75, 3.05) is 13.2 Å². The molecule has 3 atom stereocenters. The van der Waals surface area contributed by atoms with Gasteiger partial charge in [0.05, 0.1) is 17.8 Å². The Balaban J connectivity index is 1.50. The topological polar surface area (TPSA) is 50.5 Å². The summed E-state index contributed by atoms with van der Waals surface area (Å²) in [5, 5.41) is 4.10. The fraction of sp³-hybridized carbons (Fsp3) is 0.304. The maximum absolute atomic E-state index is 13.3. The lowest BCUT2D eigenvalue weighted by atomic mass is 10.0. The maximum Gasteiger partial charge on any atom is 0.170 e. The zero-order valence-corrected chi connectivity index (χ0v) is 17.1. The number of hydrogen-bond acceptors (Lipinski definition) is 4. The van der Waals surface area contributed by atoms with Gasteiger partial charge >= 0.3 is 0 Å². The van der Waals surface area contributed by atoms with Crippen molar-refractivity contribution in [2.24, 2.45) is 0 Å². The largest absolute Gasteiger partial charge is 0.459 e. The Hall–Kier alpha value is -2.77. The summed E-state index contributed by atoms with van der Waals surface area (Å²) in [4.78, 5) is 6.70. The summed E-state index contributed by atoms with van der Waals surface area (Å²) in [6, 6.07) is 15.8. The molecule has 30 heavy (non-hydrogen) atoms. The summed E-state index contributed by atoms with van der Waals surface area (Å²) in [7, 11) is 0. The number of ether oxygens (including phenoxy) is 1. The van der Waals surface area contributed by atoms with E-state index in [-0.39, 0.29) is 24.0 Å². The van der Waals surface area contributed by atoms with E-state index in [1.807, 2.05) is 30.3 Å². The van der Waals surface area contributed by atoms with Gasteiger partial charge in [-0.3, -0.25) is 4.98 Å². The van der Waals surface area contributed by atoms with Gasteiger partial charge in [0.1, 0.15) is 23.4 Å². The van der Waals surface area contributed by atoms with Gasteiger partial charge in [-0.15, -0.1) is 0 Å². The van der Waals surface area contributed by atoms with Gasteiger partial charge in [0.15, 0.2) is 5.11 Å². The van der Waals surface area contributed by atoms with Crippen LogP contribution in [0.5, 0.6) is 0 Å². The number of pyridine rings is 1. The number of benzene rings is 1. The van der Waals surface area contributed by atoms with E-state index < -0.39 is 0 Å². The molecule has 0 saturated carbocycles. The molecule has 5 nitrogen and oxygen atoms in total. The highest BCUT2D eigenvalue weighted by molar-refractivity contribution is 7.80. The van der Waals surface area contributed by atoms with Crippen LogP contribution in [0.3, 0.4) is 0 Å². The van der Waals surface area contributed by atoms with Crippen molar-refractivity contribution in [1.82, 2.24) is 15.2 Å².